The molecule has 0 aliphatic carbocycles. The van der Waals surface area contributed by atoms with Gasteiger partial charge in [-0.05, 0) is 19.9 Å². The number of Topliss-reactive ketones (excluding diaryl/α,β-unsaturated/α-hetero) is 1. The van der Waals surface area contributed by atoms with E-state index in [1.54, 1.807) is 13.8 Å². The minimum Gasteiger partial charge on any atom is -0.480 e. The van der Waals surface area contributed by atoms with Gasteiger partial charge in [0.25, 0.3) is 0 Å². The smallest absolute Gasteiger partial charge is 0.480 e. The molecule has 0 amide bonds. The number of ether oxygens (including phenoxy) is 2. The molecule has 0 radical (unpaired) electrons. The van der Waals surface area contributed by atoms with Gasteiger partial charge in [0.15, 0.2) is 11.4 Å². The maximum absolute atomic E-state index is 12.1. The van der Waals surface area contributed by atoms with Gasteiger partial charge in [-0.1, -0.05) is 6.07 Å². The predicted molar refractivity (Wildman–Crippen MR) is 56.5 cm³/mol. The summed E-state index contributed by atoms with van der Waals surface area (Å²) >= 11 is 0. The summed E-state index contributed by atoms with van der Waals surface area (Å²) in [6, 6.07) is 3.72. The molecule has 0 aromatic heterocycles. The molecule has 1 aliphatic rings. The van der Waals surface area contributed by atoms with Crippen LogP contribution in [0.1, 0.15) is 19.4 Å². The average molecular weight is 260 g/mol. The van der Waals surface area contributed by atoms with Gasteiger partial charge >= 0.3 is 6.36 Å². The van der Waals surface area contributed by atoms with Gasteiger partial charge in [-0.2, -0.15) is 0 Å². The lowest BCUT2D eigenvalue weighted by molar-refractivity contribution is -0.274. The van der Waals surface area contributed by atoms with Crippen molar-refractivity contribution in [3.63, 3.8) is 0 Å². The van der Waals surface area contributed by atoms with Crippen molar-refractivity contribution in [2.45, 2.75) is 32.2 Å². The molecule has 3 nitrogen and oxygen atoms in total. The summed E-state index contributed by atoms with van der Waals surface area (Å²) in [6.45, 7) is 3.16. The summed E-state index contributed by atoms with van der Waals surface area (Å²) in [7, 11) is 0. The lowest BCUT2D eigenvalue weighted by Gasteiger charge is -2.31. The van der Waals surface area contributed by atoms with E-state index >= 15 is 0 Å². The second kappa shape index (κ2) is 3.90. The van der Waals surface area contributed by atoms with Gasteiger partial charge in [0, 0.05) is 18.1 Å². The molecule has 18 heavy (non-hydrogen) atoms. The number of halogens is 3. The summed E-state index contributed by atoms with van der Waals surface area (Å²) < 4.78 is 45.4. The first-order chi connectivity index (χ1) is 8.17. The highest BCUT2D eigenvalue weighted by atomic mass is 19.4. The Morgan fingerprint density at radius 1 is 1.33 bits per heavy atom. The first kappa shape index (κ1) is 12.7. The highest BCUT2D eigenvalue weighted by Crippen LogP contribution is 2.35. The largest absolute Gasteiger partial charge is 0.573 e. The first-order valence-electron chi connectivity index (χ1n) is 5.28. The van der Waals surface area contributed by atoms with Crippen LogP contribution < -0.4 is 9.47 Å². The Bertz CT molecular complexity index is 492. The van der Waals surface area contributed by atoms with Crippen LogP contribution in [-0.2, 0) is 11.2 Å². The van der Waals surface area contributed by atoms with E-state index in [1.807, 2.05) is 0 Å². The average Bonchev–Trinajstić information content (AvgIpc) is 2.17. The number of fused-ring (bicyclic) bond motifs is 1. The number of hydrogen-bond acceptors (Lipinski definition) is 3. The Morgan fingerprint density at radius 2 is 2.00 bits per heavy atom. The van der Waals surface area contributed by atoms with E-state index < -0.39 is 12.0 Å². The van der Waals surface area contributed by atoms with Gasteiger partial charge < -0.3 is 9.47 Å². The summed E-state index contributed by atoms with van der Waals surface area (Å²) in [5.41, 5.74) is -0.460. The van der Waals surface area contributed by atoms with Crippen LogP contribution in [0.3, 0.4) is 0 Å². The van der Waals surface area contributed by atoms with Gasteiger partial charge in [0.1, 0.15) is 11.5 Å². The van der Waals surface area contributed by atoms with E-state index in [9.17, 15) is 18.0 Å². The summed E-state index contributed by atoms with van der Waals surface area (Å²) in [5, 5.41) is 0. The van der Waals surface area contributed by atoms with Crippen LogP contribution in [0, 0.1) is 0 Å². The highest BCUT2D eigenvalue weighted by Gasteiger charge is 2.36. The molecule has 1 heterocycles. The number of rotatable bonds is 1. The third-order valence-electron chi connectivity index (χ3n) is 2.66. The summed E-state index contributed by atoms with van der Waals surface area (Å²) in [5.74, 6) is -0.216. The van der Waals surface area contributed by atoms with Crippen LogP contribution in [0.2, 0.25) is 0 Å². The van der Waals surface area contributed by atoms with Gasteiger partial charge in [-0.15, -0.1) is 13.2 Å². The Labute approximate surface area is 102 Å². The molecule has 1 aromatic rings. The van der Waals surface area contributed by atoms with Gasteiger partial charge in [-0.25, -0.2) is 0 Å². The predicted octanol–water partition coefficient (Wildman–Crippen LogP) is 2.87. The zero-order valence-corrected chi connectivity index (χ0v) is 9.80. The third kappa shape index (κ3) is 2.57. The number of carbonyl (C=O) groups is 1. The minimum atomic E-state index is -4.74. The van der Waals surface area contributed by atoms with Gasteiger partial charge in [0.2, 0.25) is 0 Å². The Morgan fingerprint density at radius 3 is 2.61 bits per heavy atom. The van der Waals surface area contributed by atoms with Crippen molar-refractivity contribution in [1.29, 1.82) is 0 Å². The van der Waals surface area contributed by atoms with E-state index in [2.05, 4.69) is 4.74 Å². The Balaban J connectivity index is 2.31. The molecule has 0 spiro atoms. The van der Waals surface area contributed by atoms with Crippen LogP contribution in [0.25, 0.3) is 0 Å². The second-order valence-corrected chi connectivity index (χ2v) is 4.53. The summed E-state index contributed by atoms with van der Waals surface area (Å²) in [4.78, 5) is 11.7. The van der Waals surface area contributed by atoms with Crippen LogP contribution in [0.15, 0.2) is 18.2 Å². The second-order valence-electron chi connectivity index (χ2n) is 4.53. The molecule has 6 heteroatoms. The first-order valence-corrected chi connectivity index (χ1v) is 5.28. The number of ketones is 1. The van der Waals surface area contributed by atoms with Gasteiger partial charge in [-0.3, -0.25) is 4.79 Å². The monoisotopic (exact) mass is 260 g/mol. The Hall–Kier alpha value is -1.72. The standard InChI is InChI=1S/C12H11F3O3/c1-11(2)10(16)5-7-3-4-8(6-9(7)18-11)17-12(13,14)15/h3-4,6H,5H2,1-2H3. The molecule has 98 valence electrons. The van der Waals surface area contributed by atoms with E-state index in [0.717, 1.165) is 6.07 Å². The molecule has 0 fully saturated rings. The molecular formula is C12H11F3O3. The number of carbonyl (C=O) groups excluding carboxylic acids is 1. The third-order valence-corrected chi connectivity index (χ3v) is 2.66. The molecule has 1 aliphatic heterocycles. The Kier molecular flexibility index (Phi) is 2.76. The molecule has 0 saturated carbocycles. The van der Waals surface area contributed by atoms with E-state index in [4.69, 9.17) is 4.74 Å². The van der Waals surface area contributed by atoms with Crippen LogP contribution >= 0.6 is 0 Å². The van der Waals surface area contributed by atoms with E-state index in [-0.39, 0.29) is 23.7 Å². The molecule has 0 N–H and O–H groups in total. The molecular weight excluding hydrogens is 249 g/mol. The van der Waals surface area contributed by atoms with Crippen molar-refractivity contribution in [3.05, 3.63) is 23.8 Å². The molecule has 0 unspecified atom stereocenters. The van der Waals surface area contributed by atoms with Crippen molar-refractivity contribution < 1.29 is 27.4 Å². The topological polar surface area (TPSA) is 35.5 Å². The maximum atomic E-state index is 12.1. The fourth-order valence-electron chi connectivity index (χ4n) is 1.69. The van der Waals surface area contributed by atoms with Crippen molar-refractivity contribution in [1.82, 2.24) is 0 Å². The van der Waals surface area contributed by atoms with Gasteiger partial charge in [0.05, 0.1) is 0 Å². The number of benzene rings is 1. The van der Waals surface area contributed by atoms with Crippen LogP contribution in [-0.4, -0.2) is 17.7 Å². The van der Waals surface area contributed by atoms with Crippen molar-refractivity contribution in [2.75, 3.05) is 0 Å². The zero-order valence-electron chi connectivity index (χ0n) is 9.80. The SMILES string of the molecule is CC1(C)Oc2cc(OC(F)(F)F)ccc2CC1=O. The molecule has 0 saturated heterocycles. The zero-order chi connectivity index (χ0) is 13.6. The maximum Gasteiger partial charge on any atom is 0.573 e. The molecule has 0 bridgehead atoms. The fourth-order valence-corrected chi connectivity index (χ4v) is 1.69. The van der Waals surface area contributed by atoms with E-state index in [1.165, 1.54) is 12.1 Å². The van der Waals surface area contributed by atoms with Crippen molar-refractivity contribution in [3.8, 4) is 11.5 Å². The van der Waals surface area contributed by atoms with Crippen LogP contribution in [0.5, 0.6) is 11.5 Å². The lowest BCUT2D eigenvalue weighted by atomic mass is 9.93. The quantitative estimate of drug-likeness (QED) is 0.778. The number of hydrogen-bond donors (Lipinski definition) is 0. The minimum absolute atomic E-state index is 0.112. The lowest BCUT2D eigenvalue weighted by Crippen LogP contribution is -2.42. The van der Waals surface area contributed by atoms with E-state index in [0.29, 0.717) is 5.56 Å². The molecule has 2 rings (SSSR count). The molecule has 0 atom stereocenters. The number of alkyl halides is 3. The normalized spacial score (nSPS) is 17.9. The van der Waals surface area contributed by atoms with Crippen molar-refractivity contribution in [2.24, 2.45) is 0 Å². The van der Waals surface area contributed by atoms with Crippen LogP contribution in [0.4, 0.5) is 13.2 Å². The highest BCUT2D eigenvalue weighted by molar-refractivity contribution is 5.90. The summed E-state index contributed by atoms with van der Waals surface area (Å²) in [6.07, 6.45) is -4.59. The van der Waals surface area contributed by atoms with Crippen molar-refractivity contribution >= 4 is 5.78 Å². The molecule has 1 aromatic carbocycles. The fraction of sp³-hybridized carbons (Fsp3) is 0.417.